The van der Waals surface area contributed by atoms with Crippen molar-refractivity contribution < 1.29 is 9.60 Å². The first-order chi connectivity index (χ1) is 11.1. The van der Waals surface area contributed by atoms with Crippen LogP contribution >= 0.6 is 0 Å². The number of aromatic nitrogens is 1. The molecular weight excluding hydrogens is 293 g/mol. The molecular formula is C18H22FN3O. The molecule has 4 nitrogen and oxygen atoms in total. The molecule has 1 aliphatic rings. The van der Waals surface area contributed by atoms with Gasteiger partial charge in [-0.3, -0.25) is 4.98 Å². The quantitative estimate of drug-likeness (QED) is 0.389. The summed E-state index contributed by atoms with van der Waals surface area (Å²) in [5, 5.41) is 12.9. The molecule has 1 fully saturated rings. The van der Waals surface area contributed by atoms with Gasteiger partial charge in [-0.1, -0.05) is 12.1 Å². The van der Waals surface area contributed by atoms with Crippen molar-refractivity contribution in [3.63, 3.8) is 0 Å². The normalized spacial score (nSPS) is 23.8. The van der Waals surface area contributed by atoms with Gasteiger partial charge in [0.25, 0.3) is 0 Å². The molecule has 3 N–H and O–H groups in total. The van der Waals surface area contributed by atoms with E-state index in [0.717, 1.165) is 36.6 Å². The van der Waals surface area contributed by atoms with Crippen molar-refractivity contribution in [2.45, 2.75) is 38.5 Å². The monoisotopic (exact) mass is 315 g/mol. The number of nitrogens with two attached hydrogens (primary N) is 1. The van der Waals surface area contributed by atoms with Crippen LogP contribution in [0.1, 0.15) is 44.1 Å². The van der Waals surface area contributed by atoms with Crippen LogP contribution in [-0.2, 0) is 0 Å². The molecule has 1 atom stereocenters. The molecule has 1 aromatic carbocycles. The molecule has 0 amide bonds. The van der Waals surface area contributed by atoms with E-state index < -0.39 is 0 Å². The largest absolute Gasteiger partial charge is 0.409 e. The molecule has 1 aromatic heterocycles. The summed E-state index contributed by atoms with van der Waals surface area (Å²) in [6.45, 7) is 2.01. The molecule has 0 radical (unpaired) electrons. The SMILES string of the molecule is CC(C(N)=NO)C1CCC(c2ccnc3ccc(F)cc23)CC1. The van der Waals surface area contributed by atoms with Gasteiger partial charge in [0.1, 0.15) is 11.7 Å². The fourth-order valence-corrected chi connectivity index (χ4v) is 3.76. The van der Waals surface area contributed by atoms with Crippen molar-refractivity contribution in [2.24, 2.45) is 22.7 Å². The predicted molar refractivity (Wildman–Crippen MR) is 89.0 cm³/mol. The summed E-state index contributed by atoms with van der Waals surface area (Å²) in [5.41, 5.74) is 7.76. The molecule has 1 saturated carbocycles. The maximum atomic E-state index is 13.6. The Morgan fingerprint density at radius 3 is 2.74 bits per heavy atom. The van der Waals surface area contributed by atoms with Crippen molar-refractivity contribution >= 4 is 16.7 Å². The van der Waals surface area contributed by atoms with E-state index >= 15 is 0 Å². The van der Waals surface area contributed by atoms with E-state index in [1.165, 1.54) is 11.6 Å². The number of amidine groups is 1. The number of rotatable bonds is 3. The van der Waals surface area contributed by atoms with E-state index in [9.17, 15) is 4.39 Å². The summed E-state index contributed by atoms with van der Waals surface area (Å²) in [6.07, 6.45) is 5.93. The molecule has 1 heterocycles. The van der Waals surface area contributed by atoms with Crippen LogP contribution in [-0.4, -0.2) is 16.0 Å². The van der Waals surface area contributed by atoms with Gasteiger partial charge in [0.05, 0.1) is 5.52 Å². The van der Waals surface area contributed by atoms with Crippen LogP contribution in [0.3, 0.4) is 0 Å². The summed E-state index contributed by atoms with van der Waals surface area (Å²) in [5.74, 6) is 1.03. The zero-order valence-corrected chi connectivity index (χ0v) is 13.2. The summed E-state index contributed by atoms with van der Waals surface area (Å²) in [6, 6.07) is 6.79. The molecule has 0 aliphatic heterocycles. The fraction of sp³-hybridized carbons (Fsp3) is 0.444. The van der Waals surface area contributed by atoms with Crippen molar-refractivity contribution in [1.82, 2.24) is 4.98 Å². The Labute approximate surface area is 135 Å². The lowest BCUT2D eigenvalue weighted by molar-refractivity contribution is 0.272. The van der Waals surface area contributed by atoms with Gasteiger partial charge in [0, 0.05) is 17.5 Å². The van der Waals surface area contributed by atoms with Crippen LogP contribution in [0.25, 0.3) is 10.9 Å². The van der Waals surface area contributed by atoms with E-state index in [1.54, 1.807) is 18.3 Å². The van der Waals surface area contributed by atoms with Gasteiger partial charge in [-0.25, -0.2) is 4.39 Å². The number of hydrogen-bond donors (Lipinski definition) is 2. The van der Waals surface area contributed by atoms with E-state index in [2.05, 4.69) is 10.1 Å². The minimum atomic E-state index is -0.221. The van der Waals surface area contributed by atoms with Gasteiger partial charge in [-0.15, -0.1) is 0 Å². The average molecular weight is 315 g/mol. The first-order valence-electron chi connectivity index (χ1n) is 8.11. The van der Waals surface area contributed by atoms with Gasteiger partial charge >= 0.3 is 0 Å². The van der Waals surface area contributed by atoms with Crippen LogP contribution in [0.2, 0.25) is 0 Å². The number of pyridine rings is 1. The van der Waals surface area contributed by atoms with Gasteiger partial charge in [0.2, 0.25) is 0 Å². The summed E-state index contributed by atoms with van der Waals surface area (Å²) < 4.78 is 13.6. The predicted octanol–water partition coefficient (Wildman–Crippen LogP) is 4.03. The second kappa shape index (κ2) is 6.52. The van der Waals surface area contributed by atoms with E-state index in [0.29, 0.717) is 17.7 Å². The zero-order valence-electron chi connectivity index (χ0n) is 13.2. The molecule has 5 heteroatoms. The molecule has 23 heavy (non-hydrogen) atoms. The first kappa shape index (κ1) is 15.7. The van der Waals surface area contributed by atoms with Crippen molar-refractivity contribution in [3.8, 4) is 0 Å². The van der Waals surface area contributed by atoms with E-state index in [-0.39, 0.29) is 11.7 Å². The molecule has 1 unspecified atom stereocenters. The average Bonchev–Trinajstić information content (AvgIpc) is 2.60. The second-order valence-electron chi connectivity index (χ2n) is 6.49. The third-order valence-electron chi connectivity index (χ3n) is 5.24. The molecule has 122 valence electrons. The zero-order chi connectivity index (χ0) is 16.4. The maximum absolute atomic E-state index is 13.6. The Morgan fingerprint density at radius 2 is 2.04 bits per heavy atom. The lowest BCUT2D eigenvalue weighted by Gasteiger charge is -2.32. The highest BCUT2D eigenvalue weighted by Gasteiger charge is 2.28. The van der Waals surface area contributed by atoms with E-state index in [1.807, 2.05) is 13.0 Å². The lowest BCUT2D eigenvalue weighted by Crippen LogP contribution is -2.30. The van der Waals surface area contributed by atoms with E-state index in [4.69, 9.17) is 10.9 Å². The third-order valence-corrected chi connectivity index (χ3v) is 5.24. The Bertz CT molecular complexity index is 723. The first-order valence-corrected chi connectivity index (χ1v) is 8.11. The molecule has 0 bridgehead atoms. The number of halogens is 1. The number of oxime groups is 1. The minimum Gasteiger partial charge on any atom is -0.409 e. The third kappa shape index (κ3) is 3.14. The van der Waals surface area contributed by atoms with Crippen LogP contribution in [0.4, 0.5) is 4.39 Å². The Morgan fingerprint density at radius 1 is 1.30 bits per heavy atom. The highest BCUT2D eigenvalue weighted by molar-refractivity contribution is 5.83. The highest BCUT2D eigenvalue weighted by Crippen LogP contribution is 2.40. The standard InChI is InChI=1S/C18H22FN3O/c1-11(18(20)22-23)12-2-4-13(5-3-12)15-8-9-21-17-7-6-14(19)10-16(15)17/h6-13,23H,2-5H2,1H3,(H2,20,22). The van der Waals surface area contributed by atoms with Crippen molar-refractivity contribution in [3.05, 3.63) is 41.8 Å². The van der Waals surface area contributed by atoms with Gasteiger partial charge in [-0.05, 0) is 67.3 Å². The molecule has 3 rings (SSSR count). The van der Waals surface area contributed by atoms with Crippen LogP contribution < -0.4 is 5.73 Å². The van der Waals surface area contributed by atoms with Crippen LogP contribution in [0.15, 0.2) is 35.6 Å². The Kier molecular flexibility index (Phi) is 4.46. The topological polar surface area (TPSA) is 71.5 Å². The smallest absolute Gasteiger partial charge is 0.142 e. The lowest BCUT2D eigenvalue weighted by atomic mass is 9.73. The molecule has 0 spiro atoms. The summed E-state index contributed by atoms with van der Waals surface area (Å²) in [7, 11) is 0. The van der Waals surface area contributed by atoms with Gasteiger partial charge < -0.3 is 10.9 Å². The van der Waals surface area contributed by atoms with Crippen LogP contribution in [0.5, 0.6) is 0 Å². The summed E-state index contributed by atoms with van der Waals surface area (Å²) >= 11 is 0. The van der Waals surface area contributed by atoms with Gasteiger partial charge in [-0.2, -0.15) is 0 Å². The maximum Gasteiger partial charge on any atom is 0.142 e. The van der Waals surface area contributed by atoms with Gasteiger partial charge in [0.15, 0.2) is 0 Å². The van der Waals surface area contributed by atoms with Crippen molar-refractivity contribution in [1.29, 1.82) is 0 Å². The molecule has 2 aromatic rings. The number of fused-ring (bicyclic) bond motifs is 1. The number of benzene rings is 1. The molecule has 0 saturated heterocycles. The second-order valence-corrected chi connectivity index (χ2v) is 6.49. The fourth-order valence-electron chi connectivity index (χ4n) is 3.76. The van der Waals surface area contributed by atoms with Crippen LogP contribution in [0, 0.1) is 17.7 Å². The van der Waals surface area contributed by atoms with Crippen molar-refractivity contribution in [2.75, 3.05) is 0 Å². The molecule has 1 aliphatic carbocycles. The highest BCUT2D eigenvalue weighted by atomic mass is 19.1. The Hall–Kier alpha value is -2.17. The minimum absolute atomic E-state index is 0.0904. The number of nitrogens with zero attached hydrogens (tertiary/aromatic N) is 2. The Balaban J connectivity index is 1.79. The number of hydrogen-bond acceptors (Lipinski definition) is 3. The summed E-state index contributed by atoms with van der Waals surface area (Å²) in [4.78, 5) is 4.33.